The topological polar surface area (TPSA) is 65.5 Å². The summed E-state index contributed by atoms with van der Waals surface area (Å²) in [5.74, 6) is 1.46. The van der Waals surface area contributed by atoms with Crippen LogP contribution in [0.1, 0.15) is 56.3 Å². The summed E-state index contributed by atoms with van der Waals surface area (Å²) in [6, 6.07) is 4.20. The van der Waals surface area contributed by atoms with Crippen molar-refractivity contribution < 1.29 is 9.59 Å². The first-order valence-corrected chi connectivity index (χ1v) is 10.7. The zero-order valence-electron chi connectivity index (χ0n) is 17.5. The molecule has 1 N–H and O–H groups in total. The fourth-order valence-corrected chi connectivity index (χ4v) is 4.14. The van der Waals surface area contributed by atoms with Crippen LogP contribution in [0.5, 0.6) is 0 Å². The molecule has 1 amide bonds. The number of anilines is 1. The van der Waals surface area contributed by atoms with E-state index in [4.69, 9.17) is 0 Å². The van der Waals surface area contributed by atoms with E-state index in [-0.39, 0.29) is 11.8 Å². The molecule has 0 saturated carbocycles. The first-order chi connectivity index (χ1) is 13.4. The van der Waals surface area contributed by atoms with Crippen LogP contribution in [0.15, 0.2) is 18.3 Å². The highest BCUT2D eigenvalue weighted by molar-refractivity contribution is 5.94. The Kier molecular flexibility index (Phi) is 7.05. The second kappa shape index (κ2) is 9.50. The Hall–Kier alpha value is -1.95. The molecule has 2 aliphatic rings. The number of carbonyl (C=O) groups is 2. The number of hydrogen-bond acceptors (Lipinski definition) is 5. The number of ketones is 1. The van der Waals surface area contributed by atoms with Gasteiger partial charge < -0.3 is 15.1 Å². The van der Waals surface area contributed by atoms with Gasteiger partial charge in [-0.05, 0) is 63.9 Å². The van der Waals surface area contributed by atoms with Gasteiger partial charge in [0.05, 0.1) is 5.56 Å². The first kappa shape index (κ1) is 20.8. The normalized spacial score (nSPS) is 21.7. The Balaban J connectivity index is 1.55. The van der Waals surface area contributed by atoms with Crippen LogP contribution in [0.4, 0.5) is 5.82 Å². The molecule has 0 spiro atoms. The molecule has 0 radical (unpaired) electrons. The summed E-state index contributed by atoms with van der Waals surface area (Å²) in [6.07, 6.45) is 6.28. The lowest BCUT2D eigenvalue weighted by Crippen LogP contribution is -2.42. The maximum Gasteiger partial charge on any atom is 0.255 e. The summed E-state index contributed by atoms with van der Waals surface area (Å²) in [5, 5.41) is 3.48. The van der Waals surface area contributed by atoms with Crippen LogP contribution >= 0.6 is 0 Å². The van der Waals surface area contributed by atoms with Gasteiger partial charge in [-0.15, -0.1) is 0 Å². The van der Waals surface area contributed by atoms with Gasteiger partial charge in [0, 0.05) is 37.7 Å². The molecule has 0 aliphatic carbocycles. The number of likely N-dealkylation sites (tertiary alicyclic amines) is 2. The molecule has 3 heterocycles. The van der Waals surface area contributed by atoms with Gasteiger partial charge in [-0.2, -0.15) is 0 Å². The smallest absolute Gasteiger partial charge is 0.255 e. The molecule has 1 aromatic heterocycles. The van der Waals surface area contributed by atoms with Gasteiger partial charge in [0.2, 0.25) is 0 Å². The van der Waals surface area contributed by atoms with Crippen molar-refractivity contribution in [3.63, 3.8) is 0 Å². The van der Waals surface area contributed by atoms with Crippen LogP contribution in [0, 0.1) is 11.8 Å². The Labute approximate surface area is 168 Å². The zero-order chi connectivity index (χ0) is 20.1. The average molecular weight is 387 g/mol. The molecule has 154 valence electrons. The number of nitrogens with one attached hydrogen (secondary N) is 1. The molecule has 2 aliphatic heterocycles. The molecule has 2 saturated heterocycles. The predicted molar refractivity (Wildman–Crippen MR) is 111 cm³/mol. The van der Waals surface area contributed by atoms with Crippen LogP contribution in [0.3, 0.4) is 0 Å². The van der Waals surface area contributed by atoms with Crippen molar-refractivity contribution in [3.05, 3.63) is 23.9 Å². The van der Waals surface area contributed by atoms with Crippen molar-refractivity contribution in [3.8, 4) is 0 Å². The minimum atomic E-state index is -0.0153. The Morgan fingerprint density at radius 3 is 2.57 bits per heavy atom. The second-order valence-corrected chi connectivity index (χ2v) is 8.81. The third-order valence-corrected chi connectivity index (χ3v) is 5.85. The molecule has 28 heavy (non-hydrogen) atoms. The monoisotopic (exact) mass is 386 g/mol. The number of Topliss-reactive ketones (excluding diaryl/α,β-unsaturated/α-hetero) is 1. The summed E-state index contributed by atoms with van der Waals surface area (Å²) in [4.78, 5) is 33.9. The molecule has 6 heteroatoms. The molecule has 1 unspecified atom stereocenters. The van der Waals surface area contributed by atoms with Crippen molar-refractivity contribution >= 4 is 17.5 Å². The number of nitrogens with zero attached hydrogens (tertiary/aromatic N) is 3. The van der Waals surface area contributed by atoms with E-state index in [1.54, 1.807) is 6.20 Å². The van der Waals surface area contributed by atoms with Gasteiger partial charge in [-0.1, -0.05) is 13.8 Å². The summed E-state index contributed by atoms with van der Waals surface area (Å²) >= 11 is 0. The van der Waals surface area contributed by atoms with Crippen LogP contribution in [0.25, 0.3) is 0 Å². The first-order valence-electron chi connectivity index (χ1n) is 10.7. The van der Waals surface area contributed by atoms with Crippen molar-refractivity contribution in [1.29, 1.82) is 0 Å². The van der Waals surface area contributed by atoms with E-state index in [2.05, 4.69) is 36.1 Å². The van der Waals surface area contributed by atoms with Gasteiger partial charge in [0.1, 0.15) is 11.6 Å². The Morgan fingerprint density at radius 1 is 1.18 bits per heavy atom. The van der Waals surface area contributed by atoms with Crippen molar-refractivity contribution in [1.82, 2.24) is 14.8 Å². The fraction of sp³-hybridized carbons (Fsp3) is 0.682. The molecule has 1 aromatic rings. The number of amides is 1. The maximum absolute atomic E-state index is 12.9. The molecule has 6 nitrogen and oxygen atoms in total. The van der Waals surface area contributed by atoms with E-state index in [1.807, 2.05) is 17.0 Å². The lowest BCUT2D eigenvalue weighted by Gasteiger charge is -2.32. The molecular weight excluding hydrogens is 352 g/mol. The maximum atomic E-state index is 12.9. The lowest BCUT2D eigenvalue weighted by molar-refractivity contribution is -0.124. The van der Waals surface area contributed by atoms with Crippen molar-refractivity contribution in [2.24, 2.45) is 11.8 Å². The van der Waals surface area contributed by atoms with Crippen LogP contribution in [-0.2, 0) is 4.79 Å². The summed E-state index contributed by atoms with van der Waals surface area (Å²) in [7, 11) is 2.15. The number of piperidine rings is 2. The number of hydrogen-bond donors (Lipinski definition) is 1. The van der Waals surface area contributed by atoms with E-state index in [9.17, 15) is 9.59 Å². The number of aromatic nitrogens is 1. The van der Waals surface area contributed by atoms with Gasteiger partial charge >= 0.3 is 0 Å². The molecular formula is C22H34N4O2. The van der Waals surface area contributed by atoms with Crippen LogP contribution in [0.2, 0.25) is 0 Å². The second-order valence-electron chi connectivity index (χ2n) is 8.81. The van der Waals surface area contributed by atoms with E-state index in [1.165, 1.54) is 0 Å². The van der Waals surface area contributed by atoms with E-state index in [0.717, 1.165) is 51.1 Å². The van der Waals surface area contributed by atoms with E-state index in [0.29, 0.717) is 36.3 Å². The standard InChI is InChI=1S/C22H34N4O2/c1-16(2)13-20(27)18-5-4-10-26(15-18)22(28)17-6-7-21(23-14-17)24-19-8-11-25(3)12-9-19/h6-7,14,16,18-19H,4-5,8-13,15H2,1-3H3,(H,23,24). The van der Waals surface area contributed by atoms with Crippen LogP contribution < -0.4 is 5.32 Å². The molecule has 0 aromatic carbocycles. The highest BCUT2D eigenvalue weighted by Crippen LogP contribution is 2.22. The fourth-order valence-electron chi connectivity index (χ4n) is 4.14. The Morgan fingerprint density at radius 2 is 1.93 bits per heavy atom. The van der Waals surface area contributed by atoms with Crippen LogP contribution in [-0.4, -0.2) is 65.7 Å². The number of rotatable bonds is 6. The Bertz CT molecular complexity index is 666. The van der Waals surface area contributed by atoms with E-state index >= 15 is 0 Å². The van der Waals surface area contributed by atoms with Gasteiger partial charge in [0.15, 0.2) is 0 Å². The summed E-state index contributed by atoms with van der Waals surface area (Å²) in [6.45, 7) is 7.59. The largest absolute Gasteiger partial charge is 0.367 e. The molecule has 1 atom stereocenters. The van der Waals surface area contributed by atoms with Gasteiger partial charge in [-0.25, -0.2) is 4.98 Å². The highest BCUT2D eigenvalue weighted by Gasteiger charge is 2.29. The van der Waals surface area contributed by atoms with Crippen molar-refractivity contribution in [2.45, 2.75) is 52.0 Å². The minimum Gasteiger partial charge on any atom is -0.367 e. The third kappa shape index (κ3) is 5.53. The molecule has 3 rings (SSSR count). The third-order valence-electron chi connectivity index (χ3n) is 5.85. The SMILES string of the molecule is CC(C)CC(=O)C1CCCN(C(=O)c2ccc(NC3CCN(C)CC3)nc2)C1. The molecule has 2 fully saturated rings. The number of pyridine rings is 1. The van der Waals surface area contributed by atoms with Crippen molar-refractivity contribution in [2.75, 3.05) is 38.5 Å². The zero-order valence-corrected chi connectivity index (χ0v) is 17.5. The number of carbonyl (C=O) groups excluding carboxylic acids is 2. The summed E-state index contributed by atoms with van der Waals surface area (Å²) < 4.78 is 0. The van der Waals surface area contributed by atoms with E-state index < -0.39 is 0 Å². The molecule has 0 bridgehead atoms. The van der Waals surface area contributed by atoms with Gasteiger partial charge in [-0.3, -0.25) is 9.59 Å². The summed E-state index contributed by atoms with van der Waals surface area (Å²) in [5.41, 5.74) is 0.603. The quantitative estimate of drug-likeness (QED) is 0.814. The lowest BCUT2D eigenvalue weighted by atomic mass is 9.89. The predicted octanol–water partition coefficient (Wildman–Crippen LogP) is 3.06. The van der Waals surface area contributed by atoms with Gasteiger partial charge in [0.25, 0.3) is 5.91 Å². The minimum absolute atomic E-state index is 0.0135. The highest BCUT2D eigenvalue weighted by atomic mass is 16.2. The average Bonchev–Trinajstić information content (AvgIpc) is 2.69.